The molecule has 0 aromatic heterocycles. The van der Waals surface area contributed by atoms with E-state index in [9.17, 15) is 4.39 Å². The maximum atomic E-state index is 14.8. The van der Waals surface area contributed by atoms with Gasteiger partial charge in [0.2, 0.25) is 0 Å². The molecule has 0 aliphatic carbocycles. The average Bonchev–Trinajstić information content (AvgIpc) is 2.68. The highest BCUT2D eigenvalue weighted by atomic mass is 35.5. The molecule has 0 saturated heterocycles. The molecule has 3 aromatic carbocycles. The van der Waals surface area contributed by atoms with Crippen molar-refractivity contribution in [2.24, 2.45) is 11.7 Å². The van der Waals surface area contributed by atoms with Crippen molar-refractivity contribution in [1.82, 2.24) is 0 Å². The van der Waals surface area contributed by atoms with Gasteiger partial charge in [0.1, 0.15) is 5.82 Å². The van der Waals surface area contributed by atoms with Gasteiger partial charge in [0.05, 0.1) is 10.0 Å². The Morgan fingerprint density at radius 1 is 0.926 bits per heavy atom. The zero-order valence-corrected chi connectivity index (χ0v) is 16.6. The summed E-state index contributed by atoms with van der Waals surface area (Å²) in [5, 5.41) is 1.06. The minimum absolute atomic E-state index is 0.0894. The van der Waals surface area contributed by atoms with E-state index in [2.05, 4.69) is 6.92 Å². The third kappa shape index (κ3) is 4.70. The molecule has 0 radical (unpaired) electrons. The topological polar surface area (TPSA) is 26.0 Å². The van der Waals surface area contributed by atoms with E-state index < -0.39 is 0 Å². The van der Waals surface area contributed by atoms with Crippen LogP contribution in [-0.4, -0.2) is 6.54 Å². The smallest absolute Gasteiger partial charge is 0.131 e. The summed E-state index contributed by atoms with van der Waals surface area (Å²) in [4.78, 5) is 0. The van der Waals surface area contributed by atoms with Gasteiger partial charge in [-0.25, -0.2) is 4.39 Å². The van der Waals surface area contributed by atoms with Crippen LogP contribution in [0.4, 0.5) is 4.39 Å². The van der Waals surface area contributed by atoms with Crippen molar-refractivity contribution >= 4 is 23.2 Å². The van der Waals surface area contributed by atoms with Crippen molar-refractivity contribution in [3.63, 3.8) is 0 Å². The van der Waals surface area contributed by atoms with Crippen LogP contribution in [0.2, 0.25) is 10.0 Å². The number of hydrogen-bond donors (Lipinski definition) is 1. The molecule has 0 spiro atoms. The summed E-state index contributed by atoms with van der Waals surface area (Å²) >= 11 is 12.2. The fourth-order valence-electron chi connectivity index (χ4n) is 3.35. The van der Waals surface area contributed by atoms with Gasteiger partial charge >= 0.3 is 0 Å². The maximum Gasteiger partial charge on any atom is 0.131 e. The molecule has 140 valence electrons. The van der Waals surface area contributed by atoms with Crippen LogP contribution in [0.15, 0.2) is 66.7 Å². The highest BCUT2D eigenvalue weighted by Crippen LogP contribution is 2.33. The van der Waals surface area contributed by atoms with E-state index in [1.807, 2.05) is 54.6 Å². The summed E-state index contributed by atoms with van der Waals surface area (Å²) in [5.41, 5.74) is 9.41. The summed E-state index contributed by atoms with van der Waals surface area (Å²) in [6.45, 7) is 2.61. The molecule has 3 rings (SSSR count). The molecule has 4 heteroatoms. The first-order valence-corrected chi connectivity index (χ1v) is 9.74. The minimum atomic E-state index is -0.220. The molecule has 0 saturated carbocycles. The second-order valence-corrected chi connectivity index (χ2v) is 7.69. The van der Waals surface area contributed by atoms with E-state index in [0.717, 1.165) is 23.1 Å². The molecule has 0 unspecified atom stereocenters. The summed E-state index contributed by atoms with van der Waals surface area (Å²) in [5.74, 6) is 0.0649. The maximum absolute atomic E-state index is 14.8. The van der Waals surface area contributed by atoms with Gasteiger partial charge in [-0.05, 0) is 59.7 Å². The largest absolute Gasteiger partial charge is 0.330 e. The first-order chi connectivity index (χ1) is 13.0. The van der Waals surface area contributed by atoms with Crippen molar-refractivity contribution in [2.75, 3.05) is 6.54 Å². The fourth-order valence-corrected chi connectivity index (χ4v) is 3.67. The molecule has 0 amide bonds. The number of halogens is 3. The lowest BCUT2D eigenvalue weighted by Crippen LogP contribution is -2.21. The Hall–Kier alpha value is -1.87. The third-order valence-corrected chi connectivity index (χ3v) is 5.74. The van der Waals surface area contributed by atoms with Crippen molar-refractivity contribution in [3.05, 3.63) is 93.7 Å². The van der Waals surface area contributed by atoms with E-state index in [-0.39, 0.29) is 17.7 Å². The molecular formula is C23H22Cl2FN. The van der Waals surface area contributed by atoms with Crippen LogP contribution in [0.5, 0.6) is 0 Å². The van der Waals surface area contributed by atoms with Crippen molar-refractivity contribution in [1.29, 1.82) is 0 Å². The third-order valence-electron chi connectivity index (χ3n) is 5.00. The molecule has 1 nitrogen and oxygen atoms in total. The predicted octanol–water partition coefficient (Wildman–Crippen LogP) is 6.72. The van der Waals surface area contributed by atoms with Crippen LogP contribution in [0.25, 0.3) is 11.1 Å². The molecule has 2 N–H and O–H groups in total. The van der Waals surface area contributed by atoms with E-state index in [1.165, 1.54) is 0 Å². The molecule has 3 aromatic rings. The average molecular weight is 402 g/mol. The fraction of sp³-hybridized carbons (Fsp3) is 0.217. The van der Waals surface area contributed by atoms with Crippen LogP contribution in [0.3, 0.4) is 0 Å². The number of nitrogens with two attached hydrogens (primary N) is 1. The van der Waals surface area contributed by atoms with Gasteiger partial charge in [0.15, 0.2) is 0 Å². The first-order valence-electron chi connectivity index (χ1n) is 8.98. The molecule has 0 aliphatic rings. The van der Waals surface area contributed by atoms with Crippen LogP contribution < -0.4 is 5.73 Å². The van der Waals surface area contributed by atoms with Crippen LogP contribution in [0.1, 0.15) is 24.0 Å². The second kappa shape index (κ2) is 8.88. The number of benzene rings is 3. The first kappa shape index (κ1) is 19.9. The molecular weight excluding hydrogens is 380 g/mol. The van der Waals surface area contributed by atoms with Crippen molar-refractivity contribution < 1.29 is 4.39 Å². The van der Waals surface area contributed by atoms with Gasteiger partial charge < -0.3 is 5.73 Å². The van der Waals surface area contributed by atoms with E-state index in [4.69, 9.17) is 28.9 Å². The van der Waals surface area contributed by atoms with Crippen LogP contribution in [-0.2, 0) is 6.42 Å². The van der Waals surface area contributed by atoms with Gasteiger partial charge in [0.25, 0.3) is 0 Å². The van der Waals surface area contributed by atoms with Gasteiger partial charge in [0, 0.05) is 5.56 Å². The van der Waals surface area contributed by atoms with Crippen LogP contribution in [0, 0.1) is 11.7 Å². The molecule has 0 aliphatic heterocycles. The Labute approximate surface area is 169 Å². The Balaban J connectivity index is 1.93. The Morgan fingerprint density at radius 3 is 2.30 bits per heavy atom. The summed E-state index contributed by atoms with van der Waals surface area (Å²) in [6, 6.07) is 20.7. The molecule has 0 heterocycles. The van der Waals surface area contributed by atoms with Gasteiger partial charge in [-0.1, -0.05) is 78.7 Å². The Bertz CT molecular complexity index is 912. The lowest BCUT2D eigenvalue weighted by atomic mass is 9.82. The highest BCUT2D eigenvalue weighted by molar-refractivity contribution is 6.42. The Kier molecular flexibility index (Phi) is 6.54. The summed E-state index contributed by atoms with van der Waals surface area (Å²) in [7, 11) is 0. The summed E-state index contributed by atoms with van der Waals surface area (Å²) in [6.07, 6.45) is 0.722. The minimum Gasteiger partial charge on any atom is -0.330 e. The number of rotatable bonds is 6. The Morgan fingerprint density at radius 2 is 1.67 bits per heavy atom. The monoisotopic (exact) mass is 401 g/mol. The quantitative estimate of drug-likeness (QED) is 0.487. The van der Waals surface area contributed by atoms with Crippen molar-refractivity contribution in [3.8, 4) is 11.1 Å². The normalized spacial score (nSPS) is 13.4. The molecule has 0 bridgehead atoms. The second-order valence-electron chi connectivity index (χ2n) is 6.88. The zero-order chi connectivity index (χ0) is 19.4. The highest BCUT2D eigenvalue weighted by Gasteiger charge is 2.21. The van der Waals surface area contributed by atoms with Gasteiger partial charge in [-0.2, -0.15) is 0 Å². The molecule has 2 atom stereocenters. The molecule has 0 fully saturated rings. The van der Waals surface area contributed by atoms with E-state index in [0.29, 0.717) is 22.2 Å². The number of hydrogen-bond acceptors (Lipinski definition) is 1. The summed E-state index contributed by atoms with van der Waals surface area (Å²) < 4.78 is 14.8. The lowest BCUT2D eigenvalue weighted by molar-refractivity contribution is 0.463. The lowest BCUT2D eigenvalue weighted by Gasteiger charge is -2.24. The molecule has 27 heavy (non-hydrogen) atoms. The van der Waals surface area contributed by atoms with E-state index >= 15 is 0 Å². The van der Waals surface area contributed by atoms with E-state index in [1.54, 1.807) is 12.1 Å². The zero-order valence-electron chi connectivity index (χ0n) is 15.1. The standard InChI is InChI=1S/C23H22Cl2FN/c1-15(14-27)20(11-16-7-10-21(24)22(25)12-16)18-8-9-19(23(26)13-18)17-5-3-2-4-6-17/h2-10,12-13,15,20H,11,14,27H2,1H3/t15-,20+/m1/s1. The SMILES string of the molecule is C[C@H](CN)[C@H](Cc1ccc(Cl)c(Cl)c1)c1ccc(-c2ccccc2)c(F)c1. The van der Waals surface area contributed by atoms with Gasteiger partial charge in [-0.3, -0.25) is 0 Å². The predicted molar refractivity (Wildman–Crippen MR) is 113 cm³/mol. The van der Waals surface area contributed by atoms with Crippen molar-refractivity contribution in [2.45, 2.75) is 19.3 Å². The van der Waals surface area contributed by atoms with Gasteiger partial charge in [-0.15, -0.1) is 0 Å². The van der Waals surface area contributed by atoms with Crippen LogP contribution >= 0.6 is 23.2 Å².